The van der Waals surface area contributed by atoms with Crippen molar-refractivity contribution in [3.8, 4) is 5.75 Å². The zero-order chi connectivity index (χ0) is 10.7. The molecule has 0 amide bonds. The second-order valence-corrected chi connectivity index (χ2v) is 4.34. The first-order valence-electron chi connectivity index (χ1n) is 4.10. The van der Waals surface area contributed by atoms with Gasteiger partial charge >= 0.3 is 0 Å². The van der Waals surface area contributed by atoms with Crippen LogP contribution in [0.2, 0.25) is 4.47 Å². The molecule has 1 aromatic carbocycles. The highest BCUT2D eigenvalue weighted by molar-refractivity contribution is 7.15. The van der Waals surface area contributed by atoms with Gasteiger partial charge in [-0.3, -0.25) is 0 Å². The molecule has 0 bridgehead atoms. The van der Waals surface area contributed by atoms with Gasteiger partial charge in [-0.25, -0.2) is 4.39 Å². The van der Waals surface area contributed by atoms with E-state index < -0.39 is 0 Å². The van der Waals surface area contributed by atoms with Gasteiger partial charge in [-0.2, -0.15) is 0 Å². The standard InChI is InChI=1S/C9H6ClFN2OS/c10-9-13-12-8(15-9)5-14-7-3-1-2-6(11)4-7/h1-4H,5H2. The number of nitrogens with zero attached hydrogens (tertiary/aromatic N) is 2. The van der Waals surface area contributed by atoms with E-state index in [9.17, 15) is 4.39 Å². The number of aromatic nitrogens is 2. The molecule has 0 spiro atoms. The SMILES string of the molecule is Fc1cccc(OCc2nnc(Cl)s2)c1. The summed E-state index contributed by atoms with van der Waals surface area (Å²) in [6.07, 6.45) is 0. The van der Waals surface area contributed by atoms with Crippen LogP contribution in [0.15, 0.2) is 24.3 Å². The van der Waals surface area contributed by atoms with Crippen molar-refractivity contribution in [3.05, 3.63) is 39.6 Å². The van der Waals surface area contributed by atoms with Crippen LogP contribution in [0.4, 0.5) is 4.39 Å². The predicted molar refractivity (Wildman–Crippen MR) is 55.7 cm³/mol. The third-order valence-electron chi connectivity index (χ3n) is 1.60. The Morgan fingerprint density at radius 1 is 1.40 bits per heavy atom. The molecule has 6 heteroatoms. The molecular weight excluding hydrogens is 239 g/mol. The molecule has 0 radical (unpaired) electrons. The van der Waals surface area contributed by atoms with Crippen molar-refractivity contribution >= 4 is 22.9 Å². The maximum atomic E-state index is 12.8. The Balaban J connectivity index is 1.99. The van der Waals surface area contributed by atoms with Crippen LogP contribution in [0.1, 0.15) is 5.01 Å². The number of benzene rings is 1. The Morgan fingerprint density at radius 2 is 2.27 bits per heavy atom. The van der Waals surface area contributed by atoms with Gasteiger partial charge < -0.3 is 4.74 Å². The van der Waals surface area contributed by atoms with Crippen LogP contribution in [0.5, 0.6) is 5.75 Å². The fourth-order valence-electron chi connectivity index (χ4n) is 0.993. The predicted octanol–water partition coefficient (Wildman–Crippen LogP) is 2.91. The van der Waals surface area contributed by atoms with Crippen molar-refractivity contribution in [2.75, 3.05) is 0 Å². The molecule has 1 heterocycles. The number of halogens is 2. The van der Waals surface area contributed by atoms with Gasteiger partial charge in [-0.05, 0) is 23.7 Å². The van der Waals surface area contributed by atoms with E-state index >= 15 is 0 Å². The summed E-state index contributed by atoms with van der Waals surface area (Å²) in [7, 11) is 0. The highest BCUT2D eigenvalue weighted by Gasteiger charge is 2.03. The normalized spacial score (nSPS) is 10.3. The Hall–Kier alpha value is -1.20. The summed E-state index contributed by atoms with van der Waals surface area (Å²) >= 11 is 6.83. The molecule has 0 fully saturated rings. The Kier molecular flexibility index (Phi) is 3.13. The molecule has 3 nitrogen and oxygen atoms in total. The summed E-state index contributed by atoms with van der Waals surface area (Å²) in [6, 6.07) is 5.92. The van der Waals surface area contributed by atoms with E-state index in [1.807, 2.05) is 0 Å². The minimum atomic E-state index is -0.331. The second-order valence-electron chi connectivity index (χ2n) is 2.69. The summed E-state index contributed by atoms with van der Waals surface area (Å²) in [4.78, 5) is 0. The third-order valence-corrected chi connectivity index (χ3v) is 2.59. The third kappa shape index (κ3) is 2.87. The van der Waals surface area contributed by atoms with Crippen molar-refractivity contribution in [1.82, 2.24) is 10.2 Å². The molecule has 0 saturated heterocycles. The zero-order valence-corrected chi connectivity index (χ0v) is 9.06. The fourth-order valence-corrected chi connectivity index (χ4v) is 1.77. The summed E-state index contributed by atoms with van der Waals surface area (Å²) < 4.78 is 18.4. The van der Waals surface area contributed by atoms with Crippen LogP contribution < -0.4 is 4.74 Å². The lowest BCUT2D eigenvalue weighted by atomic mass is 10.3. The first-order chi connectivity index (χ1) is 7.24. The quantitative estimate of drug-likeness (QED) is 0.833. The summed E-state index contributed by atoms with van der Waals surface area (Å²) in [6.45, 7) is 0.244. The average Bonchev–Trinajstić information content (AvgIpc) is 2.62. The minimum absolute atomic E-state index is 0.244. The number of hydrogen-bond acceptors (Lipinski definition) is 4. The Labute approximate surface area is 94.5 Å². The lowest BCUT2D eigenvalue weighted by molar-refractivity contribution is 0.303. The average molecular weight is 245 g/mol. The van der Waals surface area contributed by atoms with Gasteiger partial charge in [0.2, 0.25) is 4.47 Å². The van der Waals surface area contributed by atoms with Crippen LogP contribution in [-0.4, -0.2) is 10.2 Å². The van der Waals surface area contributed by atoms with Crippen molar-refractivity contribution < 1.29 is 9.13 Å². The number of rotatable bonds is 3. The van der Waals surface area contributed by atoms with E-state index in [1.54, 1.807) is 12.1 Å². The molecule has 0 N–H and O–H groups in total. The van der Waals surface area contributed by atoms with Gasteiger partial charge in [0.15, 0.2) is 5.01 Å². The molecule has 0 aliphatic carbocycles. The summed E-state index contributed by atoms with van der Waals surface area (Å²) in [5.74, 6) is 0.129. The molecule has 0 aliphatic rings. The van der Waals surface area contributed by atoms with E-state index in [-0.39, 0.29) is 12.4 Å². The summed E-state index contributed by atoms with van der Waals surface area (Å²) in [5, 5.41) is 8.05. The number of ether oxygens (including phenoxy) is 1. The van der Waals surface area contributed by atoms with E-state index in [2.05, 4.69) is 10.2 Å². The van der Waals surface area contributed by atoms with E-state index in [4.69, 9.17) is 16.3 Å². The monoisotopic (exact) mass is 244 g/mol. The maximum absolute atomic E-state index is 12.8. The first kappa shape index (κ1) is 10.3. The van der Waals surface area contributed by atoms with Crippen molar-refractivity contribution in [2.45, 2.75) is 6.61 Å². The van der Waals surface area contributed by atoms with Crippen LogP contribution in [0, 0.1) is 5.82 Å². The van der Waals surface area contributed by atoms with Crippen molar-refractivity contribution in [2.24, 2.45) is 0 Å². The van der Waals surface area contributed by atoms with E-state index in [0.29, 0.717) is 15.2 Å². The molecule has 0 unspecified atom stereocenters. The molecule has 2 aromatic rings. The molecule has 1 aromatic heterocycles. The second kappa shape index (κ2) is 4.55. The van der Waals surface area contributed by atoms with Crippen LogP contribution >= 0.6 is 22.9 Å². The molecule has 15 heavy (non-hydrogen) atoms. The van der Waals surface area contributed by atoms with Gasteiger partial charge in [-0.1, -0.05) is 17.4 Å². The smallest absolute Gasteiger partial charge is 0.207 e. The molecule has 0 aliphatic heterocycles. The van der Waals surface area contributed by atoms with Crippen LogP contribution in [0.3, 0.4) is 0 Å². The van der Waals surface area contributed by atoms with Gasteiger partial charge in [0.05, 0.1) is 0 Å². The zero-order valence-electron chi connectivity index (χ0n) is 7.48. The molecule has 0 saturated carbocycles. The van der Waals surface area contributed by atoms with Gasteiger partial charge in [0.25, 0.3) is 0 Å². The highest BCUT2D eigenvalue weighted by atomic mass is 35.5. The minimum Gasteiger partial charge on any atom is -0.486 e. The van der Waals surface area contributed by atoms with Gasteiger partial charge in [-0.15, -0.1) is 10.2 Å². The lowest BCUT2D eigenvalue weighted by Crippen LogP contribution is -1.94. The van der Waals surface area contributed by atoms with Crippen molar-refractivity contribution in [3.63, 3.8) is 0 Å². The Bertz CT molecular complexity index is 463. The highest BCUT2D eigenvalue weighted by Crippen LogP contribution is 2.18. The van der Waals surface area contributed by atoms with Crippen molar-refractivity contribution in [1.29, 1.82) is 0 Å². The maximum Gasteiger partial charge on any atom is 0.207 e. The fraction of sp³-hybridized carbons (Fsp3) is 0.111. The largest absolute Gasteiger partial charge is 0.486 e. The van der Waals surface area contributed by atoms with Crippen LogP contribution in [0.25, 0.3) is 0 Å². The van der Waals surface area contributed by atoms with E-state index in [1.165, 1.54) is 23.5 Å². The van der Waals surface area contributed by atoms with E-state index in [0.717, 1.165) is 0 Å². The van der Waals surface area contributed by atoms with Crippen LogP contribution in [-0.2, 0) is 6.61 Å². The first-order valence-corrected chi connectivity index (χ1v) is 5.30. The van der Waals surface area contributed by atoms with Gasteiger partial charge in [0, 0.05) is 6.07 Å². The topological polar surface area (TPSA) is 35.0 Å². The molecular formula is C9H6ClFN2OS. The lowest BCUT2D eigenvalue weighted by Gasteiger charge is -2.02. The number of hydrogen-bond donors (Lipinski definition) is 0. The van der Waals surface area contributed by atoms with Gasteiger partial charge in [0.1, 0.15) is 18.2 Å². The molecule has 0 atom stereocenters. The summed E-state index contributed by atoms with van der Waals surface area (Å²) in [5.41, 5.74) is 0. The molecule has 2 rings (SSSR count). The Morgan fingerprint density at radius 3 is 2.93 bits per heavy atom. The molecule has 78 valence electrons.